The van der Waals surface area contributed by atoms with Gasteiger partial charge in [-0.2, -0.15) is 0 Å². The number of ether oxygens (including phenoxy) is 1. The highest BCUT2D eigenvalue weighted by atomic mass is 16.6. The van der Waals surface area contributed by atoms with E-state index in [1.165, 1.54) is 0 Å². The molecule has 0 radical (unpaired) electrons. The number of carbonyl (C=O) groups is 2. The fourth-order valence-electron chi connectivity index (χ4n) is 5.99. The van der Waals surface area contributed by atoms with Gasteiger partial charge in [0.1, 0.15) is 5.60 Å². The van der Waals surface area contributed by atoms with E-state index in [1.807, 2.05) is 25.7 Å². The van der Waals surface area contributed by atoms with Crippen LogP contribution in [-0.4, -0.2) is 84.5 Å². The summed E-state index contributed by atoms with van der Waals surface area (Å²) in [4.78, 5) is 33.2. The molecule has 0 unspecified atom stereocenters. The Balaban J connectivity index is 1.54. The topological polar surface area (TPSA) is 53.1 Å². The number of rotatable bonds is 1. The summed E-state index contributed by atoms with van der Waals surface area (Å²) in [6.07, 6.45) is 3.35. The molecule has 2 bridgehead atoms. The third-order valence-corrected chi connectivity index (χ3v) is 8.57. The lowest BCUT2D eigenvalue weighted by Gasteiger charge is -2.53. The van der Waals surface area contributed by atoms with Gasteiger partial charge in [0.2, 0.25) is 5.91 Å². The van der Waals surface area contributed by atoms with Crippen molar-refractivity contribution in [2.24, 2.45) is 10.8 Å². The first-order valence-electron chi connectivity index (χ1n) is 10.0. The molecule has 6 nitrogen and oxygen atoms in total. The maximum atomic E-state index is 13.6. The van der Waals surface area contributed by atoms with Gasteiger partial charge in [-0.05, 0) is 46.7 Å². The number of esters is 1. The quantitative estimate of drug-likeness (QED) is 0.520. The number of carbonyl (C=O) groups excluding carboxylic acids is 2. The second kappa shape index (κ2) is 5.44. The minimum Gasteiger partial charge on any atom is -0.458 e. The summed E-state index contributed by atoms with van der Waals surface area (Å²) in [5.74, 6) is -0.286. The van der Waals surface area contributed by atoms with Gasteiger partial charge in [0.25, 0.3) is 0 Å². The molecule has 0 aromatic heterocycles. The summed E-state index contributed by atoms with van der Waals surface area (Å²) in [5, 5.41) is 0. The zero-order valence-electron chi connectivity index (χ0n) is 16.9. The lowest BCUT2D eigenvalue weighted by Crippen LogP contribution is -2.65. The van der Waals surface area contributed by atoms with Crippen LogP contribution in [0.25, 0.3) is 0 Å². The minimum absolute atomic E-state index is 0.00962. The molecule has 6 heteroatoms. The second-order valence-electron chi connectivity index (χ2n) is 9.83. The highest BCUT2D eigenvalue weighted by molar-refractivity contribution is 6.06. The fourth-order valence-corrected chi connectivity index (χ4v) is 5.99. The first-order valence-corrected chi connectivity index (χ1v) is 10.0. The maximum absolute atomic E-state index is 13.6. The molecule has 146 valence electrons. The average molecular weight is 364 g/mol. The van der Waals surface area contributed by atoms with Crippen molar-refractivity contribution in [3.63, 3.8) is 0 Å². The zero-order chi connectivity index (χ0) is 19.0. The van der Waals surface area contributed by atoms with E-state index in [-0.39, 0.29) is 17.4 Å². The molecule has 3 saturated heterocycles. The molecule has 0 aromatic rings. The molecule has 3 heterocycles. The van der Waals surface area contributed by atoms with E-state index in [0.29, 0.717) is 6.42 Å². The van der Waals surface area contributed by atoms with E-state index >= 15 is 0 Å². The molecular weight excluding hydrogens is 330 g/mol. The Hall–Kier alpha value is -1.14. The van der Waals surface area contributed by atoms with Gasteiger partial charge in [-0.15, -0.1) is 0 Å². The Bertz CT molecular complexity index is 640. The van der Waals surface area contributed by atoms with Crippen molar-refractivity contribution in [1.29, 1.82) is 0 Å². The van der Waals surface area contributed by atoms with Crippen molar-refractivity contribution in [2.75, 3.05) is 46.8 Å². The highest BCUT2D eigenvalue weighted by Crippen LogP contribution is 2.66. The van der Waals surface area contributed by atoms with Crippen LogP contribution < -0.4 is 0 Å². The molecule has 26 heavy (non-hydrogen) atoms. The summed E-state index contributed by atoms with van der Waals surface area (Å²) < 4.78 is 5.72. The second-order valence-corrected chi connectivity index (χ2v) is 9.83. The summed E-state index contributed by atoms with van der Waals surface area (Å²) in [5.41, 5.74) is -1.78. The number of fused-ring (bicyclic) bond motifs is 2. The molecule has 1 saturated carbocycles. The van der Waals surface area contributed by atoms with Gasteiger partial charge in [-0.3, -0.25) is 14.5 Å². The van der Waals surface area contributed by atoms with Gasteiger partial charge in [-0.25, -0.2) is 0 Å². The molecule has 1 spiro atoms. The molecule has 4 fully saturated rings. The number of likely N-dealkylation sites (N-methyl/N-ethyl adjacent to an activating group) is 2. The van der Waals surface area contributed by atoms with E-state index in [4.69, 9.17) is 4.74 Å². The monoisotopic (exact) mass is 363 g/mol. The third-order valence-electron chi connectivity index (χ3n) is 8.57. The zero-order valence-corrected chi connectivity index (χ0v) is 16.9. The van der Waals surface area contributed by atoms with Crippen molar-refractivity contribution in [1.82, 2.24) is 14.7 Å². The van der Waals surface area contributed by atoms with Crippen LogP contribution in [0.15, 0.2) is 0 Å². The molecule has 0 aromatic carbocycles. The third kappa shape index (κ3) is 2.06. The fraction of sp³-hybridized carbons (Fsp3) is 0.900. The van der Waals surface area contributed by atoms with E-state index in [9.17, 15) is 9.59 Å². The highest BCUT2D eigenvalue weighted by Gasteiger charge is 2.76. The van der Waals surface area contributed by atoms with Crippen LogP contribution in [0, 0.1) is 10.8 Å². The van der Waals surface area contributed by atoms with E-state index in [1.54, 1.807) is 0 Å². The van der Waals surface area contributed by atoms with E-state index < -0.39 is 16.4 Å². The molecule has 4 aliphatic rings. The standard InChI is InChI=1S/C20H33N3O3/c1-17(2)18(3)6-7-20(17,16(25)26-18)15(24)23-10-8-19(9-11-23)14-21(4)12-13-22(19)5/h6-14H2,1-5H3/t18-,20+/m1/s1. The first-order chi connectivity index (χ1) is 12.1. The molecule has 2 atom stereocenters. The van der Waals surface area contributed by atoms with Crippen LogP contribution in [0.5, 0.6) is 0 Å². The van der Waals surface area contributed by atoms with E-state index in [0.717, 1.165) is 52.0 Å². The Morgan fingerprint density at radius 3 is 2.15 bits per heavy atom. The number of hydrogen-bond donors (Lipinski definition) is 0. The molecule has 3 aliphatic heterocycles. The number of nitrogens with zero attached hydrogens (tertiary/aromatic N) is 3. The Kier molecular flexibility index (Phi) is 3.82. The summed E-state index contributed by atoms with van der Waals surface area (Å²) in [6.45, 7) is 10.8. The summed E-state index contributed by atoms with van der Waals surface area (Å²) >= 11 is 0. The van der Waals surface area contributed by atoms with Crippen LogP contribution >= 0.6 is 0 Å². The van der Waals surface area contributed by atoms with Gasteiger partial charge in [-0.1, -0.05) is 13.8 Å². The maximum Gasteiger partial charge on any atom is 0.322 e. The van der Waals surface area contributed by atoms with Crippen LogP contribution in [0.3, 0.4) is 0 Å². The number of amides is 1. The number of piperazine rings is 1. The van der Waals surface area contributed by atoms with Crippen LogP contribution in [0.1, 0.15) is 46.5 Å². The van der Waals surface area contributed by atoms with Crippen molar-refractivity contribution >= 4 is 11.9 Å². The van der Waals surface area contributed by atoms with Gasteiger partial charge in [0.15, 0.2) is 5.41 Å². The molecule has 4 rings (SSSR count). The number of piperidine rings is 1. The normalized spacial score (nSPS) is 39.4. The predicted octanol–water partition coefficient (Wildman–Crippen LogP) is 1.35. The summed E-state index contributed by atoms with van der Waals surface area (Å²) in [7, 11) is 4.39. The molecular formula is C20H33N3O3. The SMILES string of the molecule is CN1CCN(C)C2(CCN(C(=O)[C@@]34CC[C@@](C)(OC3=O)C4(C)C)CC2)C1. The molecule has 1 aliphatic carbocycles. The Morgan fingerprint density at radius 2 is 1.62 bits per heavy atom. The van der Waals surface area contributed by atoms with Gasteiger partial charge in [0.05, 0.1) is 0 Å². The van der Waals surface area contributed by atoms with Crippen LogP contribution in [0.4, 0.5) is 0 Å². The van der Waals surface area contributed by atoms with Gasteiger partial charge < -0.3 is 14.5 Å². The van der Waals surface area contributed by atoms with Crippen molar-refractivity contribution in [3.8, 4) is 0 Å². The Labute approximate surface area is 156 Å². The van der Waals surface area contributed by atoms with Crippen molar-refractivity contribution < 1.29 is 14.3 Å². The average Bonchev–Trinajstić information content (AvgIpc) is 2.87. The smallest absolute Gasteiger partial charge is 0.322 e. The summed E-state index contributed by atoms with van der Waals surface area (Å²) in [6, 6.07) is 0. The van der Waals surface area contributed by atoms with Crippen molar-refractivity contribution in [2.45, 2.75) is 57.6 Å². The van der Waals surface area contributed by atoms with Gasteiger partial charge in [0, 0.05) is 43.7 Å². The van der Waals surface area contributed by atoms with Crippen LogP contribution in [-0.2, 0) is 14.3 Å². The molecule has 0 N–H and O–H groups in total. The lowest BCUT2D eigenvalue weighted by molar-refractivity contribution is -0.166. The van der Waals surface area contributed by atoms with Crippen molar-refractivity contribution in [3.05, 3.63) is 0 Å². The lowest BCUT2D eigenvalue weighted by atomic mass is 9.64. The predicted molar refractivity (Wildman–Crippen MR) is 98.6 cm³/mol. The number of likely N-dealkylation sites (tertiary alicyclic amines) is 1. The van der Waals surface area contributed by atoms with Crippen LogP contribution in [0.2, 0.25) is 0 Å². The largest absolute Gasteiger partial charge is 0.458 e. The van der Waals surface area contributed by atoms with Gasteiger partial charge >= 0.3 is 5.97 Å². The molecule has 1 amide bonds. The first kappa shape index (κ1) is 18.2. The number of hydrogen-bond acceptors (Lipinski definition) is 5. The minimum atomic E-state index is -0.985. The van der Waals surface area contributed by atoms with E-state index in [2.05, 4.69) is 23.9 Å². The Morgan fingerprint density at radius 1 is 0.962 bits per heavy atom.